The van der Waals surface area contributed by atoms with Crippen molar-refractivity contribution in [3.05, 3.63) is 23.8 Å². The lowest BCUT2D eigenvalue weighted by atomic mass is 10.1. The number of hydrogen-bond donors (Lipinski definition) is 2. The topological polar surface area (TPSA) is 75.8 Å². The zero-order valence-corrected chi connectivity index (χ0v) is 10.1. The molecule has 1 amide bonds. The molecule has 1 aromatic rings. The van der Waals surface area contributed by atoms with E-state index in [9.17, 15) is 9.90 Å². The Hall–Kier alpha value is -1.75. The predicted molar refractivity (Wildman–Crippen MR) is 65.3 cm³/mol. The standard InChI is InChI=1S/C12H18N2O3/c1-14(7-3-6-13)12(16)10-8-9(17-2)4-5-11(10)15/h4-5,8,15H,3,6-7,13H2,1-2H3. The van der Waals surface area contributed by atoms with Crippen molar-refractivity contribution in [1.82, 2.24) is 4.90 Å². The molecule has 0 aliphatic heterocycles. The number of phenols is 1. The number of carbonyl (C=O) groups excluding carboxylic acids is 1. The Morgan fingerprint density at radius 2 is 2.24 bits per heavy atom. The van der Waals surface area contributed by atoms with Crippen molar-refractivity contribution in [3.63, 3.8) is 0 Å². The molecule has 0 heterocycles. The first-order chi connectivity index (χ1) is 8.10. The lowest BCUT2D eigenvalue weighted by molar-refractivity contribution is 0.0791. The normalized spacial score (nSPS) is 10.1. The summed E-state index contributed by atoms with van der Waals surface area (Å²) in [6.07, 6.45) is 0.729. The van der Waals surface area contributed by atoms with Gasteiger partial charge in [0.25, 0.3) is 5.91 Å². The molecule has 5 nitrogen and oxygen atoms in total. The number of methoxy groups -OCH3 is 1. The van der Waals surface area contributed by atoms with Crippen LogP contribution in [-0.2, 0) is 0 Å². The van der Waals surface area contributed by atoms with Gasteiger partial charge in [-0.25, -0.2) is 0 Å². The van der Waals surface area contributed by atoms with E-state index in [0.717, 1.165) is 6.42 Å². The first-order valence-electron chi connectivity index (χ1n) is 5.42. The quantitative estimate of drug-likeness (QED) is 0.796. The number of amides is 1. The van der Waals surface area contributed by atoms with Crippen molar-refractivity contribution in [1.29, 1.82) is 0 Å². The summed E-state index contributed by atoms with van der Waals surface area (Å²) in [5.41, 5.74) is 5.62. The molecule has 0 spiro atoms. The molecule has 0 bridgehead atoms. The number of aromatic hydroxyl groups is 1. The van der Waals surface area contributed by atoms with E-state index in [4.69, 9.17) is 10.5 Å². The lowest BCUT2D eigenvalue weighted by Crippen LogP contribution is -2.29. The largest absolute Gasteiger partial charge is 0.507 e. The molecule has 0 radical (unpaired) electrons. The van der Waals surface area contributed by atoms with Crippen molar-refractivity contribution >= 4 is 5.91 Å². The Morgan fingerprint density at radius 3 is 2.82 bits per heavy atom. The van der Waals surface area contributed by atoms with Crippen molar-refractivity contribution in [2.24, 2.45) is 5.73 Å². The van der Waals surface area contributed by atoms with Crippen LogP contribution in [0.5, 0.6) is 11.5 Å². The van der Waals surface area contributed by atoms with E-state index in [0.29, 0.717) is 18.8 Å². The SMILES string of the molecule is COc1ccc(O)c(C(=O)N(C)CCCN)c1. The maximum Gasteiger partial charge on any atom is 0.257 e. The minimum absolute atomic E-state index is 0.0459. The highest BCUT2D eigenvalue weighted by molar-refractivity contribution is 5.97. The van der Waals surface area contributed by atoms with Crippen LogP contribution in [0.2, 0.25) is 0 Å². The third kappa shape index (κ3) is 3.35. The Morgan fingerprint density at radius 1 is 1.53 bits per heavy atom. The average Bonchev–Trinajstić information content (AvgIpc) is 2.35. The van der Waals surface area contributed by atoms with Crippen LogP contribution in [0.3, 0.4) is 0 Å². The van der Waals surface area contributed by atoms with E-state index >= 15 is 0 Å². The number of benzene rings is 1. The van der Waals surface area contributed by atoms with Crippen LogP contribution in [0, 0.1) is 0 Å². The van der Waals surface area contributed by atoms with Crippen molar-refractivity contribution in [3.8, 4) is 11.5 Å². The molecule has 0 fully saturated rings. The van der Waals surface area contributed by atoms with Gasteiger partial charge in [-0.05, 0) is 31.2 Å². The Bertz CT molecular complexity index is 393. The number of carbonyl (C=O) groups is 1. The van der Waals surface area contributed by atoms with E-state index in [-0.39, 0.29) is 17.2 Å². The highest BCUT2D eigenvalue weighted by atomic mass is 16.5. The first kappa shape index (κ1) is 13.3. The lowest BCUT2D eigenvalue weighted by Gasteiger charge is -2.17. The van der Waals surface area contributed by atoms with E-state index in [1.54, 1.807) is 13.1 Å². The van der Waals surface area contributed by atoms with Gasteiger partial charge in [0, 0.05) is 13.6 Å². The van der Waals surface area contributed by atoms with Gasteiger partial charge < -0.3 is 20.5 Å². The molecule has 5 heteroatoms. The van der Waals surface area contributed by atoms with Gasteiger partial charge in [0.2, 0.25) is 0 Å². The minimum Gasteiger partial charge on any atom is -0.507 e. The van der Waals surface area contributed by atoms with Crippen molar-refractivity contribution in [2.45, 2.75) is 6.42 Å². The van der Waals surface area contributed by atoms with Crippen molar-refractivity contribution in [2.75, 3.05) is 27.2 Å². The van der Waals surface area contributed by atoms with E-state index in [1.165, 1.54) is 24.1 Å². The summed E-state index contributed by atoms with van der Waals surface area (Å²) < 4.78 is 5.02. The number of nitrogens with two attached hydrogens (primary N) is 1. The summed E-state index contributed by atoms with van der Waals surface area (Å²) in [6.45, 7) is 1.09. The van der Waals surface area contributed by atoms with E-state index in [2.05, 4.69) is 0 Å². The van der Waals surface area contributed by atoms with Crippen LogP contribution >= 0.6 is 0 Å². The molecule has 0 aliphatic carbocycles. The highest BCUT2D eigenvalue weighted by Crippen LogP contribution is 2.23. The van der Waals surface area contributed by atoms with Gasteiger partial charge in [-0.15, -0.1) is 0 Å². The fourth-order valence-electron chi connectivity index (χ4n) is 1.45. The predicted octanol–water partition coefficient (Wildman–Crippen LogP) is 0.822. The molecule has 0 aromatic heterocycles. The van der Waals surface area contributed by atoms with Crippen LogP contribution in [0.4, 0.5) is 0 Å². The Balaban J connectivity index is 2.87. The molecule has 0 saturated heterocycles. The summed E-state index contributed by atoms with van der Waals surface area (Å²) in [5, 5.41) is 9.65. The number of phenolic OH excluding ortho intramolecular Hbond substituents is 1. The Kier molecular flexibility index (Phi) is 4.78. The molecular weight excluding hydrogens is 220 g/mol. The second-order valence-corrected chi connectivity index (χ2v) is 3.75. The molecule has 17 heavy (non-hydrogen) atoms. The van der Waals surface area contributed by atoms with E-state index < -0.39 is 0 Å². The van der Waals surface area contributed by atoms with Crippen LogP contribution in [0.1, 0.15) is 16.8 Å². The zero-order valence-electron chi connectivity index (χ0n) is 10.1. The second kappa shape index (κ2) is 6.10. The number of rotatable bonds is 5. The van der Waals surface area contributed by atoms with Gasteiger partial charge >= 0.3 is 0 Å². The van der Waals surface area contributed by atoms with Crippen molar-refractivity contribution < 1.29 is 14.6 Å². The van der Waals surface area contributed by atoms with Crippen LogP contribution in [0.15, 0.2) is 18.2 Å². The molecule has 94 valence electrons. The molecule has 1 rings (SSSR count). The third-order valence-electron chi connectivity index (χ3n) is 2.48. The molecule has 0 aliphatic rings. The molecular formula is C12H18N2O3. The summed E-state index contributed by atoms with van der Waals surface area (Å²) in [6, 6.07) is 4.57. The molecule has 0 unspecified atom stereocenters. The molecule has 1 aromatic carbocycles. The van der Waals surface area contributed by atoms with Gasteiger partial charge in [-0.2, -0.15) is 0 Å². The first-order valence-corrected chi connectivity index (χ1v) is 5.42. The zero-order chi connectivity index (χ0) is 12.8. The second-order valence-electron chi connectivity index (χ2n) is 3.75. The number of nitrogens with zero attached hydrogens (tertiary/aromatic N) is 1. The fraction of sp³-hybridized carbons (Fsp3) is 0.417. The summed E-state index contributed by atoms with van der Waals surface area (Å²) in [7, 11) is 3.19. The van der Waals surface area contributed by atoms with Crippen LogP contribution < -0.4 is 10.5 Å². The molecule has 0 saturated carbocycles. The summed E-state index contributed by atoms with van der Waals surface area (Å²) >= 11 is 0. The van der Waals surface area contributed by atoms with Gasteiger partial charge in [-0.3, -0.25) is 4.79 Å². The number of ether oxygens (including phenoxy) is 1. The van der Waals surface area contributed by atoms with Gasteiger partial charge in [-0.1, -0.05) is 0 Å². The number of hydrogen-bond acceptors (Lipinski definition) is 4. The smallest absolute Gasteiger partial charge is 0.257 e. The molecule has 0 atom stereocenters. The van der Waals surface area contributed by atoms with Crippen LogP contribution in [-0.4, -0.2) is 43.2 Å². The van der Waals surface area contributed by atoms with Gasteiger partial charge in [0.1, 0.15) is 11.5 Å². The highest BCUT2D eigenvalue weighted by Gasteiger charge is 2.16. The van der Waals surface area contributed by atoms with Gasteiger partial charge in [0.05, 0.1) is 12.7 Å². The summed E-state index contributed by atoms with van der Waals surface area (Å²) in [5.74, 6) is 0.253. The third-order valence-corrected chi connectivity index (χ3v) is 2.48. The summed E-state index contributed by atoms with van der Waals surface area (Å²) in [4.78, 5) is 13.5. The maximum absolute atomic E-state index is 12.0. The molecule has 3 N–H and O–H groups in total. The maximum atomic E-state index is 12.0. The van der Waals surface area contributed by atoms with E-state index in [1.807, 2.05) is 0 Å². The van der Waals surface area contributed by atoms with Crippen LogP contribution in [0.25, 0.3) is 0 Å². The minimum atomic E-state index is -0.241. The monoisotopic (exact) mass is 238 g/mol. The average molecular weight is 238 g/mol. The van der Waals surface area contributed by atoms with Gasteiger partial charge in [0.15, 0.2) is 0 Å². The fourth-order valence-corrected chi connectivity index (χ4v) is 1.45. The Labute approximate surface area is 101 Å².